The van der Waals surface area contributed by atoms with Crippen LogP contribution in [0.2, 0.25) is 0 Å². The van der Waals surface area contributed by atoms with Crippen molar-refractivity contribution >= 4 is 11.9 Å². The third kappa shape index (κ3) is 5.05. The lowest BCUT2D eigenvalue weighted by Crippen LogP contribution is -2.43. The highest BCUT2D eigenvalue weighted by Crippen LogP contribution is 2.13. The molecule has 0 radical (unpaired) electrons. The summed E-state index contributed by atoms with van der Waals surface area (Å²) in [5.74, 6) is -0.325. The summed E-state index contributed by atoms with van der Waals surface area (Å²) in [6.07, 6.45) is 0. The van der Waals surface area contributed by atoms with Gasteiger partial charge in [0.05, 0.1) is 5.69 Å². The van der Waals surface area contributed by atoms with Gasteiger partial charge in [-0.15, -0.1) is 0 Å². The molecule has 126 valence electrons. The molecule has 0 saturated heterocycles. The van der Waals surface area contributed by atoms with Crippen molar-refractivity contribution in [3.05, 3.63) is 52.8 Å². The summed E-state index contributed by atoms with van der Waals surface area (Å²) in [6.45, 7) is 4.02. The van der Waals surface area contributed by atoms with Gasteiger partial charge in [-0.2, -0.15) is 5.10 Å². The highest BCUT2D eigenvalue weighted by Gasteiger charge is 2.11. The molecular formula is C17H20N4O3. The molecule has 1 aromatic heterocycles. The Morgan fingerprint density at radius 1 is 1.12 bits per heavy atom. The summed E-state index contributed by atoms with van der Waals surface area (Å²) in [5.41, 5.74) is 1.00. The Morgan fingerprint density at radius 2 is 1.83 bits per heavy atom. The maximum atomic E-state index is 11.9. The number of hydrogen-bond acceptors (Lipinski definition) is 4. The van der Waals surface area contributed by atoms with E-state index in [1.54, 1.807) is 6.07 Å². The van der Waals surface area contributed by atoms with Gasteiger partial charge in [0, 0.05) is 18.2 Å². The van der Waals surface area contributed by atoms with Crippen molar-refractivity contribution in [2.24, 2.45) is 5.92 Å². The summed E-state index contributed by atoms with van der Waals surface area (Å²) in [7, 11) is 0. The molecule has 0 bridgehead atoms. The zero-order chi connectivity index (χ0) is 17.5. The second kappa shape index (κ2) is 8.05. The smallest absolute Gasteiger partial charge is 0.321 e. The molecule has 0 aliphatic rings. The maximum absolute atomic E-state index is 11.9. The number of hydrogen-bond donors (Lipinski definition) is 2. The minimum absolute atomic E-state index is 0.276. The van der Waals surface area contributed by atoms with Crippen molar-refractivity contribution in [2.75, 3.05) is 6.54 Å². The van der Waals surface area contributed by atoms with E-state index in [0.29, 0.717) is 12.2 Å². The molecule has 7 heteroatoms. The van der Waals surface area contributed by atoms with E-state index < -0.39 is 17.5 Å². The fourth-order valence-electron chi connectivity index (χ4n) is 1.97. The van der Waals surface area contributed by atoms with Crippen LogP contribution in [0.3, 0.4) is 0 Å². The zero-order valence-electron chi connectivity index (χ0n) is 13.7. The Kier molecular flexibility index (Phi) is 5.83. The number of carbonyl (C=O) groups excluding carboxylic acids is 2. The van der Waals surface area contributed by atoms with Gasteiger partial charge in [0.25, 0.3) is 5.56 Å². The van der Waals surface area contributed by atoms with Gasteiger partial charge in [0.1, 0.15) is 6.54 Å². The molecule has 0 saturated carbocycles. The molecule has 1 aromatic carbocycles. The number of aromatic nitrogens is 2. The largest absolute Gasteiger partial charge is 0.338 e. The van der Waals surface area contributed by atoms with Crippen LogP contribution in [-0.4, -0.2) is 28.3 Å². The summed E-state index contributed by atoms with van der Waals surface area (Å²) in [4.78, 5) is 35.3. The first-order chi connectivity index (χ1) is 11.5. The molecule has 3 amide bonds. The number of urea groups is 1. The summed E-state index contributed by atoms with van der Waals surface area (Å²) in [5, 5.41) is 8.93. The van der Waals surface area contributed by atoms with Gasteiger partial charge in [-0.1, -0.05) is 44.2 Å². The van der Waals surface area contributed by atoms with Gasteiger partial charge in [0.15, 0.2) is 0 Å². The van der Waals surface area contributed by atoms with Gasteiger partial charge in [-0.25, -0.2) is 9.48 Å². The minimum Gasteiger partial charge on any atom is -0.338 e. The third-order valence-corrected chi connectivity index (χ3v) is 3.15. The molecule has 0 unspecified atom stereocenters. The van der Waals surface area contributed by atoms with E-state index >= 15 is 0 Å². The summed E-state index contributed by atoms with van der Waals surface area (Å²) >= 11 is 0. The van der Waals surface area contributed by atoms with Gasteiger partial charge in [-0.05, 0) is 12.0 Å². The van der Waals surface area contributed by atoms with Crippen LogP contribution < -0.4 is 16.2 Å². The Labute approximate surface area is 139 Å². The number of imide groups is 1. The Bertz CT molecular complexity index is 769. The number of rotatable bonds is 5. The fourth-order valence-corrected chi connectivity index (χ4v) is 1.97. The van der Waals surface area contributed by atoms with Gasteiger partial charge in [-0.3, -0.25) is 14.9 Å². The third-order valence-electron chi connectivity index (χ3n) is 3.15. The minimum atomic E-state index is -0.601. The quantitative estimate of drug-likeness (QED) is 0.867. The molecule has 7 nitrogen and oxygen atoms in total. The van der Waals surface area contributed by atoms with E-state index in [1.807, 2.05) is 44.2 Å². The second-order valence-corrected chi connectivity index (χ2v) is 5.73. The molecule has 0 fully saturated rings. The number of nitrogens with one attached hydrogen (secondary N) is 2. The first kappa shape index (κ1) is 17.4. The molecule has 2 aromatic rings. The molecule has 0 aliphatic heterocycles. The van der Waals surface area contributed by atoms with Crippen molar-refractivity contribution in [2.45, 2.75) is 20.4 Å². The molecule has 2 rings (SSSR count). The molecular weight excluding hydrogens is 308 g/mol. The second-order valence-electron chi connectivity index (χ2n) is 5.73. The number of nitrogens with zero attached hydrogens (tertiary/aromatic N) is 2. The van der Waals surface area contributed by atoms with Crippen LogP contribution in [0.15, 0.2) is 47.3 Å². The first-order valence-electron chi connectivity index (χ1n) is 7.67. The van der Waals surface area contributed by atoms with Crippen LogP contribution >= 0.6 is 0 Å². The molecule has 1 heterocycles. The summed E-state index contributed by atoms with van der Waals surface area (Å²) < 4.78 is 1.04. The van der Waals surface area contributed by atoms with E-state index in [0.717, 1.165) is 10.2 Å². The fraction of sp³-hybridized carbons (Fsp3) is 0.294. The molecule has 0 atom stereocenters. The highest BCUT2D eigenvalue weighted by atomic mass is 16.2. The number of amides is 3. The number of benzene rings is 1. The van der Waals surface area contributed by atoms with E-state index in [2.05, 4.69) is 15.7 Å². The monoisotopic (exact) mass is 328 g/mol. The average Bonchev–Trinajstić information content (AvgIpc) is 2.55. The predicted octanol–water partition coefficient (Wildman–Crippen LogP) is 1.39. The lowest BCUT2D eigenvalue weighted by Gasteiger charge is -2.09. The topological polar surface area (TPSA) is 93.1 Å². The number of carbonyl (C=O) groups is 2. The van der Waals surface area contributed by atoms with E-state index in [1.165, 1.54) is 6.07 Å². The van der Waals surface area contributed by atoms with Crippen LogP contribution in [0.25, 0.3) is 11.3 Å². The van der Waals surface area contributed by atoms with Crippen molar-refractivity contribution in [1.29, 1.82) is 0 Å². The molecule has 0 aliphatic carbocycles. The van der Waals surface area contributed by atoms with Crippen LogP contribution in [0.5, 0.6) is 0 Å². The van der Waals surface area contributed by atoms with Crippen LogP contribution in [-0.2, 0) is 11.3 Å². The van der Waals surface area contributed by atoms with Crippen LogP contribution in [0.4, 0.5) is 4.79 Å². The van der Waals surface area contributed by atoms with Crippen molar-refractivity contribution in [3.8, 4) is 11.3 Å². The average molecular weight is 328 g/mol. The van der Waals surface area contributed by atoms with Crippen molar-refractivity contribution in [1.82, 2.24) is 20.4 Å². The lowest BCUT2D eigenvalue weighted by molar-refractivity contribution is -0.120. The normalized spacial score (nSPS) is 10.5. The molecule has 2 N–H and O–H groups in total. The van der Waals surface area contributed by atoms with Crippen molar-refractivity contribution < 1.29 is 9.59 Å². The van der Waals surface area contributed by atoms with Crippen molar-refractivity contribution in [3.63, 3.8) is 0 Å². The first-order valence-corrected chi connectivity index (χ1v) is 7.67. The molecule has 24 heavy (non-hydrogen) atoms. The van der Waals surface area contributed by atoms with E-state index in [-0.39, 0.29) is 12.5 Å². The lowest BCUT2D eigenvalue weighted by atomic mass is 10.1. The maximum Gasteiger partial charge on any atom is 0.321 e. The van der Waals surface area contributed by atoms with Gasteiger partial charge >= 0.3 is 6.03 Å². The Hall–Kier alpha value is -2.96. The van der Waals surface area contributed by atoms with Crippen LogP contribution in [0, 0.1) is 5.92 Å². The van der Waals surface area contributed by atoms with Crippen LogP contribution in [0.1, 0.15) is 13.8 Å². The standard InChI is InChI=1S/C17H20N4O3/c1-12(2)10-18-17(24)19-15(22)11-21-16(23)9-8-14(20-21)13-6-4-3-5-7-13/h3-9,12H,10-11H2,1-2H3,(H2,18,19,22,24). The Morgan fingerprint density at radius 3 is 2.50 bits per heavy atom. The zero-order valence-corrected chi connectivity index (χ0v) is 13.7. The predicted molar refractivity (Wildman–Crippen MR) is 90.3 cm³/mol. The van der Waals surface area contributed by atoms with Gasteiger partial charge < -0.3 is 5.32 Å². The molecule has 0 spiro atoms. The highest BCUT2D eigenvalue weighted by molar-refractivity contribution is 5.94. The summed E-state index contributed by atoms with van der Waals surface area (Å²) in [6, 6.07) is 11.7. The Balaban J connectivity index is 2.05. The van der Waals surface area contributed by atoms with E-state index in [4.69, 9.17) is 0 Å². The SMILES string of the molecule is CC(C)CNC(=O)NC(=O)Cn1nc(-c2ccccc2)ccc1=O. The van der Waals surface area contributed by atoms with E-state index in [9.17, 15) is 14.4 Å². The van der Waals surface area contributed by atoms with Gasteiger partial charge in [0.2, 0.25) is 5.91 Å².